The van der Waals surface area contributed by atoms with Crippen LogP contribution in [0.4, 0.5) is 4.39 Å². The minimum Gasteiger partial charge on any atom is -0.307 e. The second-order valence-corrected chi connectivity index (χ2v) is 7.72. The third-order valence-electron chi connectivity index (χ3n) is 6.32. The fourth-order valence-corrected chi connectivity index (χ4v) is 5.85. The SMILES string of the molecule is CC(NC1CC2CC1C1CCCC21)c1ccc(F)cc1Cl. The second kappa shape index (κ2) is 5.24. The zero-order valence-electron chi connectivity index (χ0n) is 12.5. The predicted octanol–water partition coefficient (Wildman–Crippen LogP) is 4.95. The van der Waals surface area contributed by atoms with E-state index in [0.717, 1.165) is 29.2 Å². The first kappa shape index (κ1) is 14.0. The Labute approximate surface area is 131 Å². The van der Waals surface area contributed by atoms with Gasteiger partial charge in [-0.15, -0.1) is 0 Å². The van der Waals surface area contributed by atoms with E-state index in [2.05, 4.69) is 12.2 Å². The molecule has 0 radical (unpaired) electrons. The van der Waals surface area contributed by atoms with Gasteiger partial charge in [-0.3, -0.25) is 0 Å². The maximum Gasteiger partial charge on any atom is 0.124 e. The van der Waals surface area contributed by atoms with Gasteiger partial charge in [0, 0.05) is 17.1 Å². The minimum atomic E-state index is -0.260. The van der Waals surface area contributed by atoms with Gasteiger partial charge in [0.25, 0.3) is 0 Å². The lowest BCUT2D eigenvalue weighted by atomic mass is 9.79. The average molecular weight is 308 g/mol. The molecule has 0 spiro atoms. The van der Waals surface area contributed by atoms with Gasteiger partial charge >= 0.3 is 0 Å². The molecule has 21 heavy (non-hydrogen) atoms. The summed E-state index contributed by atoms with van der Waals surface area (Å²) in [6.07, 6.45) is 7.11. The van der Waals surface area contributed by atoms with Crippen molar-refractivity contribution in [2.75, 3.05) is 0 Å². The fourth-order valence-electron chi connectivity index (χ4n) is 5.52. The molecule has 3 heteroatoms. The first-order valence-electron chi connectivity index (χ1n) is 8.34. The van der Waals surface area contributed by atoms with Gasteiger partial charge < -0.3 is 5.32 Å². The van der Waals surface area contributed by atoms with Crippen LogP contribution in [0.2, 0.25) is 5.02 Å². The first-order valence-corrected chi connectivity index (χ1v) is 8.72. The van der Waals surface area contributed by atoms with E-state index in [1.54, 1.807) is 0 Å². The summed E-state index contributed by atoms with van der Waals surface area (Å²) in [7, 11) is 0. The van der Waals surface area contributed by atoms with Crippen LogP contribution in [0.25, 0.3) is 0 Å². The molecular weight excluding hydrogens is 285 g/mol. The van der Waals surface area contributed by atoms with Crippen LogP contribution in [0.1, 0.15) is 50.6 Å². The van der Waals surface area contributed by atoms with Crippen molar-refractivity contribution in [3.05, 3.63) is 34.6 Å². The lowest BCUT2D eigenvalue weighted by molar-refractivity contribution is 0.200. The summed E-state index contributed by atoms with van der Waals surface area (Å²) in [6, 6.07) is 5.57. The lowest BCUT2D eigenvalue weighted by Crippen LogP contribution is -2.40. The zero-order chi connectivity index (χ0) is 14.6. The van der Waals surface area contributed by atoms with E-state index < -0.39 is 0 Å². The highest BCUT2D eigenvalue weighted by Gasteiger charge is 2.53. The molecule has 0 heterocycles. The number of fused-ring (bicyclic) bond motifs is 5. The standard InChI is InChI=1S/C18H23ClFN/c1-10(13-6-5-12(20)9-17(13)19)21-18-8-11-7-16(18)15-4-2-3-14(11)15/h5-6,9-11,14-16,18,21H,2-4,7-8H2,1H3. The van der Waals surface area contributed by atoms with Crippen molar-refractivity contribution >= 4 is 11.6 Å². The van der Waals surface area contributed by atoms with Crippen molar-refractivity contribution in [3.8, 4) is 0 Å². The molecule has 0 aliphatic heterocycles. The quantitative estimate of drug-likeness (QED) is 0.832. The van der Waals surface area contributed by atoms with Crippen molar-refractivity contribution in [1.29, 1.82) is 0 Å². The summed E-state index contributed by atoms with van der Waals surface area (Å²) in [5.41, 5.74) is 1.02. The molecule has 1 aromatic rings. The van der Waals surface area contributed by atoms with Crippen LogP contribution in [0.5, 0.6) is 0 Å². The van der Waals surface area contributed by atoms with E-state index in [1.807, 2.05) is 6.07 Å². The molecule has 114 valence electrons. The van der Waals surface area contributed by atoms with E-state index in [9.17, 15) is 4.39 Å². The molecule has 0 saturated heterocycles. The molecule has 6 unspecified atom stereocenters. The van der Waals surface area contributed by atoms with Crippen molar-refractivity contribution < 1.29 is 4.39 Å². The highest BCUT2D eigenvalue weighted by molar-refractivity contribution is 6.31. The normalized spacial score (nSPS) is 38.7. The van der Waals surface area contributed by atoms with Crippen LogP contribution >= 0.6 is 11.6 Å². The first-order chi connectivity index (χ1) is 10.1. The molecule has 3 fully saturated rings. The van der Waals surface area contributed by atoms with Crippen molar-refractivity contribution in [1.82, 2.24) is 5.32 Å². The molecule has 3 saturated carbocycles. The zero-order valence-corrected chi connectivity index (χ0v) is 13.2. The van der Waals surface area contributed by atoms with Crippen molar-refractivity contribution in [2.45, 2.75) is 51.1 Å². The number of nitrogens with one attached hydrogen (secondary N) is 1. The molecule has 1 N–H and O–H groups in total. The van der Waals surface area contributed by atoms with E-state index in [0.29, 0.717) is 11.1 Å². The molecule has 4 rings (SSSR count). The maximum absolute atomic E-state index is 13.2. The third-order valence-corrected chi connectivity index (χ3v) is 6.65. The topological polar surface area (TPSA) is 12.0 Å². The van der Waals surface area contributed by atoms with E-state index in [-0.39, 0.29) is 11.9 Å². The van der Waals surface area contributed by atoms with Crippen molar-refractivity contribution in [3.63, 3.8) is 0 Å². The van der Waals surface area contributed by atoms with Crippen LogP contribution in [-0.2, 0) is 0 Å². The van der Waals surface area contributed by atoms with Crippen molar-refractivity contribution in [2.24, 2.45) is 23.7 Å². The Kier molecular flexibility index (Phi) is 3.50. The number of benzene rings is 1. The summed E-state index contributed by atoms with van der Waals surface area (Å²) < 4.78 is 13.2. The number of hydrogen-bond donors (Lipinski definition) is 1. The summed E-state index contributed by atoms with van der Waals surface area (Å²) in [6.45, 7) is 2.15. The number of hydrogen-bond acceptors (Lipinski definition) is 1. The largest absolute Gasteiger partial charge is 0.307 e. The summed E-state index contributed by atoms with van der Waals surface area (Å²) in [5, 5.41) is 4.33. The summed E-state index contributed by atoms with van der Waals surface area (Å²) in [5.74, 6) is 3.56. The molecule has 6 atom stereocenters. The van der Waals surface area contributed by atoms with E-state index in [4.69, 9.17) is 11.6 Å². The molecule has 1 aromatic carbocycles. The number of halogens is 2. The monoisotopic (exact) mass is 307 g/mol. The van der Waals surface area contributed by atoms with E-state index in [1.165, 1.54) is 44.2 Å². The Balaban J connectivity index is 1.47. The van der Waals surface area contributed by atoms with Gasteiger partial charge in [-0.2, -0.15) is 0 Å². The van der Waals surface area contributed by atoms with Gasteiger partial charge in [0.1, 0.15) is 5.82 Å². The minimum absolute atomic E-state index is 0.197. The molecule has 1 nitrogen and oxygen atoms in total. The molecule has 2 bridgehead atoms. The highest BCUT2D eigenvalue weighted by Crippen LogP contribution is 2.58. The predicted molar refractivity (Wildman–Crippen MR) is 83.8 cm³/mol. The molecule has 0 aromatic heterocycles. The molecule has 3 aliphatic carbocycles. The fraction of sp³-hybridized carbons (Fsp3) is 0.667. The number of rotatable bonds is 3. The third kappa shape index (κ3) is 2.31. The van der Waals surface area contributed by atoms with E-state index >= 15 is 0 Å². The van der Waals surface area contributed by atoms with Gasteiger partial charge in [-0.1, -0.05) is 24.1 Å². The highest BCUT2D eigenvalue weighted by atomic mass is 35.5. The van der Waals surface area contributed by atoms with Crippen LogP contribution in [0, 0.1) is 29.5 Å². The van der Waals surface area contributed by atoms with Gasteiger partial charge in [0.2, 0.25) is 0 Å². The Hall–Kier alpha value is -0.600. The maximum atomic E-state index is 13.2. The molecule has 3 aliphatic rings. The Morgan fingerprint density at radius 2 is 2.00 bits per heavy atom. The smallest absolute Gasteiger partial charge is 0.124 e. The second-order valence-electron chi connectivity index (χ2n) is 7.31. The Morgan fingerprint density at radius 1 is 1.19 bits per heavy atom. The van der Waals surface area contributed by atoms with Crippen LogP contribution in [0.3, 0.4) is 0 Å². The van der Waals surface area contributed by atoms with Gasteiger partial charge in [-0.25, -0.2) is 4.39 Å². The van der Waals surface area contributed by atoms with Gasteiger partial charge in [0.15, 0.2) is 0 Å². The average Bonchev–Trinajstić information content (AvgIpc) is 3.09. The van der Waals surface area contributed by atoms with Crippen LogP contribution in [-0.4, -0.2) is 6.04 Å². The summed E-state index contributed by atoms with van der Waals surface area (Å²) in [4.78, 5) is 0. The lowest BCUT2D eigenvalue weighted by Gasteiger charge is -2.34. The van der Waals surface area contributed by atoms with Gasteiger partial charge in [0.05, 0.1) is 0 Å². The molecule has 0 amide bonds. The Morgan fingerprint density at radius 3 is 2.81 bits per heavy atom. The van der Waals surface area contributed by atoms with Crippen LogP contribution < -0.4 is 5.32 Å². The van der Waals surface area contributed by atoms with Gasteiger partial charge in [-0.05, 0) is 74.0 Å². The van der Waals surface area contributed by atoms with Crippen LogP contribution in [0.15, 0.2) is 18.2 Å². The summed E-state index contributed by atoms with van der Waals surface area (Å²) >= 11 is 6.20. The Bertz CT molecular complexity index is 546. The molecular formula is C18H23ClFN.